The Hall–Kier alpha value is -1.49. The average Bonchev–Trinajstić information content (AvgIpc) is 2.69. The van der Waals surface area contributed by atoms with Crippen LogP contribution in [0.15, 0.2) is 12.1 Å². The Morgan fingerprint density at radius 2 is 2.12 bits per heavy atom. The second-order valence-electron chi connectivity index (χ2n) is 4.27. The first-order valence-corrected chi connectivity index (χ1v) is 5.42. The van der Waals surface area contributed by atoms with E-state index in [0.29, 0.717) is 13.0 Å². The van der Waals surface area contributed by atoms with Crippen LogP contribution in [0, 0.1) is 18.6 Å². The van der Waals surface area contributed by atoms with Gasteiger partial charge in [-0.1, -0.05) is 0 Å². The van der Waals surface area contributed by atoms with Crippen molar-refractivity contribution in [2.24, 2.45) is 0 Å². The molecule has 92 valence electrons. The number of rotatable bonds is 1. The molecule has 1 N–H and O–H groups in total. The van der Waals surface area contributed by atoms with Crippen molar-refractivity contribution in [3.05, 3.63) is 34.9 Å². The molecule has 1 aliphatic heterocycles. The zero-order valence-electron chi connectivity index (χ0n) is 9.41. The molecule has 1 aromatic rings. The molecule has 3 nitrogen and oxygen atoms in total. The lowest BCUT2D eigenvalue weighted by molar-refractivity contribution is 0.0760. The topological polar surface area (TPSA) is 40.5 Å². The number of amides is 1. The molecular weight excluding hydrogens is 228 g/mol. The van der Waals surface area contributed by atoms with Crippen LogP contribution < -0.4 is 0 Å². The van der Waals surface area contributed by atoms with E-state index < -0.39 is 23.6 Å². The second-order valence-corrected chi connectivity index (χ2v) is 4.27. The first-order valence-electron chi connectivity index (χ1n) is 5.42. The standard InChI is InChI=1S/C12H13F2NO2/c1-7-4-9(11(14)5-10(7)13)12(17)15-3-2-8(16)6-15/h4-5,8,16H,2-3,6H2,1H3. The monoisotopic (exact) mass is 241 g/mol. The number of hydrogen-bond donors (Lipinski definition) is 1. The molecule has 0 saturated carbocycles. The van der Waals surface area contributed by atoms with Crippen LogP contribution in [-0.2, 0) is 0 Å². The van der Waals surface area contributed by atoms with Crippen molar-refractivity contribution in [1.29, 1.82) is 0 Å². The normalized spacial score (nSPS) is 19.8. The molecule has 1 fully saturated rings. The van der Waals surface area contributed by atoms with Gasteiger partial charge in [-0.25, -0.2) is 8.78 Å². The fraction of sp³-hybridized carbons (Fsp3) is 0.417. The summed E-state index contributed by atoms with van der Waals surface area (Å²) in [5.74, 6) is -2.03. The predicted octanol–water partition coefficient (Wildman–Crippen LogP) is 1.48. The Balaban J connectivity index is 2.28. The van der Waals surface area contributed by atoms with Crippen molar-refractivity contribution in [2.75, 3.05) is 13.1 Å². The third-order valence-corrected chi connectivity index (χ3v) is 2.93. The van der Waals surface area contributed by atoms with E-state index in [0.717, 1.165) is 6.07 Å². The molecule has 0 spiro atoms. The fourth-order valence-electron chi connectivity index (χ4n) is 1.92. The quantitative estimate of drug-likeness (QED) is 0.809. The molecule has 2 rings (SSSR count). The van der Waals surface area contributed by atoms with Crippen LogP contribution >= 0.6 is 0 Å². The number of halogens is 2. The summed E-state index contributed by atoms with van der Waals surface area (Å²) < 4.78 is 26.5. The Morgan fingerprint density at radius 3 is 2.71 bits per heavy atom. The maximum atomic E-state index is 13.5. The number of aryl methyl sites for hydroxylation is 1. The van der Waals surface area contributed by atoms with Crippen molar-refractivity contribution in [1.82, 2.24) is 4.90 Å². The van der Waals surface area contributed by atoms with Crippen molar-refractivity contribution in [3.63, 3.8) is 0 Å². The van der Waals surface area contributed by atoms with Gasteiger partial charge in [0.05, 0.1) is 11.7 Å². The third-order valence-electron chi connectivity index (χ3n) is 2.93. The van der Waals surface area contributed by atoms with E-state index >= 15 is 0 Å². The van der Waals surface area contributed by atoms with Gasteiger partial charge in [0, 0.05) is 19.2 Å². The van der Waals surface area contributed by atoms with Crippen LogP contribution in [0.5, 0.6) is 0 Å². The number of likely N-dealkylation sites (tertiary alicyclic amines) is 1. The van der Waals surface area contributed by atoms with Gasteiger partial charge >= 0.3 is 0 Å². The number of aliphatic hydroxyl groups is 1. The highest BCUT2D eigenvalue weighted by atomic mass is 19.1. The number of carbonyl (C=O) groups is 1. The number of nitrogens with zero attached hydrogens (tertiary/aromatic N) is 1. The first kappa shape index (κ1) is 12.0. The fourth-order valence-corrected chi connectivity index (χ4v) is 1.92. The van der Waals surface area contributed by atoms with Gasteiger partial charge in [-0.15, -0.1) is 0 Å². The minimum Gasteiger partial charge on any atom is -0.391 e. The van der Waals surface area contributed by atoms with Crippen molar-refractivity contribution in [3.8, 4) is 0 Å². The molecule has 0 aromatic heterocycles. The van der Waals surface area contributed by atoms with Crippen molar-refractivity contribution < 1.29 is 18.7 Å². The van der Waals surface area contributed by atoms with Crippen molar-refractivity contribution >= 4 is 5.91 Å². The van der Waals surface area contributed by atoms with Crippen molar-refractivity contribution in [2.45, 2.75) is 19.4 Å². The van der Waals surface area contributed by atoms with E-state index in [-0.39, 0.29) is 17.7 Å². The van der Waals surface area contributed by atoms with Gasteiger partial charge in [-0.2, -0.15) is 0 Å². The second kappa shape index (κ2) is 4.41. The highest BCUT2D eigenvalue weighted by Gasteiger charge is 2.27. The van der Waals surface area contributed by atoms with E-state index in [9.17, 15) is 18.7 Å². The first-order chi connectivity index (χ1) is 7.99. The lowest BCUT2D eigenvalue weighted by atomic mass is 10.1. The molecule has 1 atom stereocenters. The number of hydrogen-bond acceptors (Lipinski definition) is 2. The molecule has 0 radical (unpaired) electrons. The molecule has 17 heavy (non-hydrogen) atoms. The van der Waals surface area contributed by atoms with Gasteiger partial charge in [0.1, 0.15) is 11.6 Å². The number of benzene rings is 1. The lowest BCUT2D eigenvalue weighted by Gasteiger charge is -2.16. The summed E-state index contributed by atoms with van der Waals surface area (Å²) in [4.78, 5) is 13.3. The molecule has 1 heterocycles. The van der Waals surface area contributed by atoms with Crippen LogP contribution in [-0.4, -0.2) is 35.1 Å². The summed E-state index contributed by atoms with van der Waals surface area (Å²) in [6.07, 6.45) is -0.0587. The SMILES string of the molecule is Cc1cc(C(=O)N2CCC(O)C2)c(F)cc1F. The van der Waals surface area contributed by atoms with Gasteiger partial charge < -0.3 is 10.0 Å². The van der Waals surface area contributed by atoms with E-state index in [4.69, 9.17) is 0 Å². The van der Waals surface area contributed by atoms with Crippen LogP contribution in [0.4, 0.5) is 8.78 Å². The number of aliphatic hydroxyl groups excluding tert-OH is 1. The molecule has 1 unspecified atom stereocenters. The van der Waals surface area contributed by atoms with Crippen LogP contribution in [0.2, 0.25) is 0 Å². The predicted molar refractivity (Wildman–Crippen MR) is 57.6 cm³/mol. The summed E-state index contributed by atoms with van der Waals surface area (Å²) in [5.41, 5.74) is 0.0903. The summed E-state index contributed by atoms with van der Waals surface area (Å²) in [5, 5.41) is 9.32. The van der Waals surface area contributed by atoms with E-state index in [1.165, 1.54) is 17.9 Å². The lowest BCUT2D eigenvalue weighted by Crippen LogP contribution is -2.30. The van der Waals surface area contributed by atoms with Crippen LogP contribution in [0.25, 0.3) is 0 Å². The van der Waals surface area contributed by atoms with E-state index in [1.807, 2.05) is 0 Å². The summed E-state index contributed by atoms with van der Waals surface area (Å²) in [7, 11) is 0. The van der Waals surface area contributed by atoms with Gasteiger partial charge in [-0.3, -0.25) is 4.79 Å². The van der Waals surface area contributed by atoms with Gasteiger partial charge in [-0.05, 0) is 25.0 Å². The highest BCUT2D eigenvalue weighted by Crippen LogP contribution is 2.19. The van der Waals surface area contributed by atoms with Gasteiger partial charge in [0.2, 0.25) is 0 Å². The van der Waals surface area contributed by atoms with Crippen LogP contribution in [0.3, 0.4) is 0 Å². The van der Waals surface area contributed by atoms with Gasteiger partial charge in [0.15, 0.2) is 0 Å². The Kier molecular flexibility index (Phi) is 3.11. The van der Waals surface area contributed by atoms with Crippen LogP contribution in [0.1, 0.15) is 22.3 Å². The molecule has 0 aliphatic carbocycles. The summed E-state index contributed by atoms with van der Waals surface area (Å²) >= 11 is 0. The summed E-state index contributed by atoms with van der Waals surface area (Å²) in [6.45, 7) is 2.08. The summed E-state index contributed by atoms with van der Waals surface area (Å²) in [6, 6.07) is 1.92. The zero-order chi connectivity index (χ0) is 12.6. The van der Waals surface area contributed by atoms with E-state index in [1.54, 1.807) is 0 Å². The molecule has 1 saturated heterocycles. The Morgan fingerprint density at radius 1 is 1.41 bits per heavy atom. The molecule has 1 amide bonds. The van der Waals surface area contributed by atoms with Gasteiger partial charge in [0.25, 0.3) is 5.91 Å². The number of carbonyl (C=O) groups excluding carboxylic acids is 1. The largest absolute Gasteiger partial charge is 0.391 e. The Labute approximate surface area is 97.7 Å². The maximum Gasteiger partial charge on any atom is 0.256 e. The zero-order valence-corrected chi connectivity index (χ0v) is 9.41. The average molecular weight is 241 g/mol. The van der Waals surface area contributed by atoms with E-state index in [2.05, 4.69) is 0 Å². The maximum absolute atomic E-state index is 13.5. The highest BCUT2D eigenvalue weighted by molar-refractivity contribution is 5.94. The smallest absolute Gasteiger partial charge is 0.256 e. The molecule has 0 bridgehead atoms. The Bertz CT molecular complexity index is 462. The molecule has 1 aliphatic rings. The number of β-amino-alcohol motifs (C(OH)–C–C–N with tert-alkyl or cyclic N) is 1. The molecule has 1 aromatic carbocycles. The minimum absolute atomic E-state index is 0.141. The molecule has 5 heteroatoms. The minimum atomic E-state index is -0.862. The third kappa shape index (κ3) is 2.29. The molecular formula is C12H13F2NO2.